The van der Waals surface area contributed by atoms with Crippen LogP contribution in [0, 0.1) is 0 Å². The first-order chi connectivity index (χ1) is 9.90. The van der Waals surface area contributed by atoms with Gasteiger partial charge in [-0.25, -0.2) is 0 Å². The number of likely N-dealkylation sites (N-methyl/N-ethyl adjacent to an activating group) is 1. The molecule has 0 fully saturated rings. The van der Waals surface area contributed by atoms with Crippen LogP contribution < -0.4 is 10.1 Å². The summed E-state index contributed by atoms with van der Waals surface area (Å²) in [7, 11) is 0. The SMILES string of the molecule is CCNC(CCOc1ccccc1)C1=CCCCCC1. The van der Waals surface area contributed by atoms with Crippen molar-refractivity contribution in [2.75, 3.05) is 13.2 Å². The van der Waals surface area contributed by atoms with E-state index in [4.69, 9.17) is 4.74 Å². The molecule has 1 N–H and O–H groups in total. The van der Waals surface area contributed by atoms with Crippen molar-refractivity contribution in [3.8, 4) is 5.75 Å². The molecule has 2 nitrogen and oxygen atoms in total. The lowest BCUT2D eigenvalue weighted by Gasteiger charge is -2.21. The van der Waals surface area contributed by atoms with Gasteiger partial charge in [0, 0.05) is 12.5 Å². The maximum atomic E-state index is 5.84. The molecule has 0 spiro atoms. The zero-order chi connectivity index (χ0) is 14.0. The highest BCUT2D eigenvalue weighted by Gasteiger charge is 2.14. The van der Waals surface area contributed by atoms with E-state index >= 15 is 0 Å². The van der Waals surface area contributed by atoms with E-state index in [1.165, 1.54) is 32.1 Å². The number of nitrogens with one attached hydrogen (secondary N) is 1. The predicted molar refractivity (Wildman–Crippen MR) is 85.2 cm³/mol. The Hall–Kier alpha value is -1.28. The van der Waals surface area contributed by atoms with Gasteiger partial charge in [0.15, 0.2) is 0 Å². The molecule has 0 aliphatic heterocycles. The number of ether oxygens (including phenoxy) is 1. The van der Waals surface area contributed by atoms with Crippen LogP contribution in [-0.4, -0.2) is 19.2 Å². The molecule has 0 saturated heterocycles. The van der Waals surface area contributed by atoms with Gasteiger partial charge in [0.2, 0.25) is 0 Å². The lowest BCUT2D eigenvalue weighted by molar-refractivity contribution is 0.293. The van der Waals surface area contributed by atoms with Crippen molar-refractivity contribution in [3.05, 3.63) is 42.0 Å². The minimum absolute atomic E-state index is 0.488. The molecule has 1 aliphatic rings. The molecule has 110 valence electrons. The minimum atomic E-state index is 0.488. The third-order valence-corrected chi connectivity index (χ3v) is 3.89. The Morgan fingerprint density at radius 1 is 1.15 bits per heavy atom. The molecule has 0 saturated carbocycles. The molecule has 2 rings (SSSR count). The van der Waals surface area contributed by atoms with Crippen LogP contribution in [-0.2, 0) is 0 Å². The van der Waals surface area contributed by atoms with Gasteiger partial charge >= 0.3 is 0 Å². The normalized spacial score (nSPS) is 17.1. The Morgan fingerprint density at radius 2 is 2.00 bits per heavy atom. The monoisotopic (exact) mass is 273 g/mol. The van der Waals surface area contributed by atoms with Crippen LogP contribution in [0.1, 0.15) is 45.4 Å². The average molecular weight is 273 g/mol. The number of rotatable bonds is 7. The van der Waals surface area contributed by atoms with Crippen LogP contribution in [0.15, 0.2) is 42.0 Å². The van der Waals surface area contributed by atoms with Gasteiger partial charge < -0.3 is 10.1 Å². The summed E-state index contributed by atoms with van der Waals surface area (Å²) in [6.07, 6.45) is 10.1. The van der Waals surface area contributed by atoms with E-state index in [0.29, 0.717) is 6.04 Å². The summed E-state index contributed by atoms with van der Waals surface area (Å²) in [6.45, 7) is 3.98. The molecule has 1 aromatic rings. The van der Waals surface area contributed by atoms with Crippen molar-refractivity contribution in [2.24, 2.45) is 0 Å². The van der Waals surface area contributed by atoms with Gasteiger partial charge in [-0.05, 0) is 44.4 Å². The van der Waals surface area contributed by atoms with Gasteiger partial charge in [0.1, 0.15) is 5.75 Å². The highest BCUT2D eigenvalue weighted by Crippen LogP contribution is 2.21. The molecule has 20 heavy (non-hydrogen) atoms. The first-order valence-corrected chi connectivity index (χ1v) is 8.00. The van der Waals surface area contributed by atoms with Crippen molar-refractivity contribution in [1.29, 1.82) is 0 Å². The summed E-state index contributed by atoms with van der Waals surface area (Å²) in [4.78, 5) is 0. The zero-order valence-corrected chi connectivity index (χ0v) is 12.6. The average Bonchev–Trinajstić information content (AvgIpc) is 2.76. The van der Waals surface area contributed by atoms with E-state index in [2.05, 4.69) is 18.3 Å². The predicted octanol–water partition coefficient (Wildman–Crippen LogP) is 4.32. The molecule has 0 amide bonds. The maximum absolute atomic E-state index is 5.84. The number of allylic oxidation sites excluding steroid dienone is 1. The Balaban J connectivity index is 1.84. The first kappa shape index (κ1) is 15.1. The Labute approximate surface area is 123 Å². The first-order valence-electron chi connectivity index (χ1n) is 8.00. The van der Waals surface area contributed by atoms with E-state index in [1.54, 1.807) is 5.57 Å². The molecule has 2 heteroatoms. The van der Waals surface area contributed by atoms with Gasteiger partial charge in [0.05, 0.1) is 6.61 Å². The highest BCUT2D eigenvalue weighted by molar-refractivity contribution is 5.21. The van der Waals surface area contributed by atoms with Crippen molar-refractivity contribution in [2.45, 2.75) is 51.5 Å². The van der Waals surface area contributed by atoms with Crippen molar-refractivity contribution in [1.82, 2.24) is 5.32 Å². The molecule has 1 atom stereocenters. The maximum Gasteiger partial charge on any atom is 0.119 e. The third-order valence-electron chi connectivity index (χ3n) is 3.89. The lowest BCUT2D eigenvalue weighted by atomic mass is 9.99. The molecule has 1 unspecified atom stereocenters. The lowest BCUT2D eigenvalue weighted by Crippen LogP contribution is -2.32. The summed E-state index contributed by atoms with van der Waals surface area (Å²) in [5.74, 6) is 0.970. The summed E-state index contributed by atoms with van der Waals surface area (Å²) in [5.41, 5.74) is 1.60. The fraction of sp³-hybridized carbons (Fsp3) is 0.556. The molecule has 1 aromatic carbocycles. The minimum Gasteiger partial charge on any atom is -0.494 e. The quantitative estimate of drug-likeness (QED) is 0.747. The van der Waals surface area contributed by atoms with E-state index in [-0.39, 0.29) is 0 Å². The number of para-hydroxylation sites is 1. The molecular formula is C18H27NO. The fourth-order valence-electron chi connectivity index (χ4n) is 2.83. The Morgan fingerprint density at radius 3 is 2.80 bits per heavy atom. The van der Waals surface area contributed by atoms with Crippen LogP contribution in [0.25, 0.3) is 0 Å². The van der Waals surface area contributed by atoms with Crippen LogP contribution in [0.4, 0.5) is 0 Å². The van der Waals surface area contributed by atoms with Crippen LogP contribution >= 0.6 is 0 Å². The van der Waals surface area contributed by atoms with Gasteiger partial charge in [-0.15, -0.1) is 0 Å². The van der Waals surface area contributed by atoms with E-state index in [0.717, 1.165) is 25.3 Å². The second-order valence-electron chi connectivity index (χ2n) is 5.44. The largest absolute Gasteiger partial charge is 0.494 e. The number of hydrogen-bond donors (Lipinski definition) is 1. The smallest absolute Gasteiger partial charge is 0.119 e. The summed E-state index contributed by atoms with van der Waals surface area (Å²) >= 11 is 0. The van der Waals surface area contributed by atoms with E-state index in [1.807, 2.05) is 30.3 Å². The molecule has 0 bridgehead atoms. The molecular weight excluding hydrogens is 246 g/mol. The van der Waals surface area contributed by atoms with Gasteiger partial charge in [-0.3, -0.25) is 0 Å². The fourth-order valence-corrected chi connectivity index (χ4v) is 2.83. The second-order valence-corrected chi connectivity index (χ2v) is 5.44. The third kappa shape index (κ3) is 5.01. The van der Waals surface area contributed by atoms with Crippen molar-refractivity contribution in [3.63, 3.8) is 0 Å². The molecule has 0 radical (unpaired) electrons. The molecule has 1 aliphatic carbocycles. The van der Waals surface area contributed by atoms with Crippen LogP contribution in [0.5, 0.6) is 5.75 Å². The summed E-state index contributed by atoms with van der Waals surface area (Å²) in [6, 6.07) is 10.6. The van der Waals surface area contributed by atoms with Gasteiger partial charge in [0.25, 0.3) is 0 Å². The zero-order valence-electron chi connectivity index (χ0n) is 12.6. The van der Waals surface area contributed by atoms with E-state index < -0.39 is 0 Å². The van der Waals surface area contributed by atoms with E-state index in [9.17, 15) is 0 Å². The van der Waals surface area contributed by atoms with Crippen molar-refractivity contribution >= 4 is 0 Å². The second kappa shape index (κ2) is 8.80. The topological polar surface area (TPSA) is 21.3 Å². The Bertz CT molecular complexity index is 399. The van der Waals surface area contributed by atoms with Crippen LogP contribution in [0.2, 0.25) is 0 Å². The highest BCUT2D eigenvalue weighted by atomic mass is 16.5. The Kier molecular flexibility index (Phi) is 6.65. The van der Waals surface area contributed by atoms with Gasteiger partial charge in [-0.2, -0.15) is 0 Å². The summed E-state index contributed by atoms with van der Waals surface area (Å²) < 4.78 is 5.84. The van der Waals surface area contributed by atoms with Crippen molar-refractivity contribution < 1.29 is 4.74 Å². The standard InChI is InChI=1S/C18H27NO/c1-2-19-18(16-10-6-3-4-7-11-16)14-15-20-17-12-8-5-9-13-17/h5,8-10,12-13,18-19H,2-4,6-7,11,14-15H2,1H3. The molecule has 0 heterocycles. The number of hydrogen-bond acceptors (Lipinski definition) is 2. The summed E-state index contributed by atoms with van der Waals surface area (Å²) in [5, 5.41) is 3.62. The molecule has 0 aromatic heterocycles. The van der Waals surface area contributed by atoms with Crippen LogP contribution in [0.3, 0.4) is 0 Å². The number of benzene rings is 1. The van der Waals surface area contributed by atoms with Gasteiger partial charge in [-0.1, -0.05) is 43.2 Å².